The zero-order valence-corrected chi connectivity index (χ0v) is 7.05. The molecule has 2 heteroatoms. The zero-order valence-electron chi connectivity index (χ0n) is 7.05. The molecular formula is C11H9NO. The Morgan fingerprint density at radius 3 is 2.69 bits per heavy atom. The number of hydrogen-bond acceptors (Lipinski definition) is 2. The maximum atomic E-state index is 8.46. The van der Waals surface area contributed by atoms with E-state index in [1.807, 2.05) is 42.5 Å². The lowest BCUT2D eigenvalue weighted by molar-refractivity contribution is 0.416. The summed E-state index contributed by atoms with van der Waals surface area (Å²) in [7, 11) is 0. The van der Waals surface area contributed by atoms with Gasteiger partial charge in [-0.3, -0.25) is 0 Å². The van der Waals surface area contributed by atoms with Gasteiger partial charge in [-0.15, -0.1) is 0 Å². The van der Waals surface area contributed by atoms with Crippen molar-refractivity contribution in [3.63, 3.8) is 0 Å². The number of nitriles is 1. The lowest BCUT2D eigenvalue weighted by Crippen LogP contribution is -1.83. The Kier molecular flexibility index (Phi) is 2.11. The van der Waals surface area contributed by atoms with Gasteiger partial charge in [0.1, 0.15) is 6.10 Å². The average molecular weight is 171 g/mol. The largest absolute Gasteiger partial charge is 0.349 e. The lowest BCUT2D eigenvalue weighted by Gasteiger charge is -1.88. The number of hydrogen-bond donors (Lipinski definition) is 0. The molecule has 1 saturated heterocycles. The van der Waals surface area contributed by atoms with Gasteiger partial charge in [0.25, 0.3) is 0 Å². The van der Waals surface area contributed by atoms with E-state index in [1.54, 1.807) is 0 Å². The van der Waals surface area contributed by atoms with Gasteiger partial charge in [-0.1, -0.05) is 42.5 Å². The van der Waals surface area contributed by atoms with Crippen molar-refractivity contribution in [1.29, 1.82) is 5.26 Å². The molecule has 2 atom stereocenters. The van der Waals surface area contributed by atoms with E-state index in [2.05, 4.69) is 6.07 Å². The molecule has 1 fully saturated rings. The Labute approximate surface area is 77.1 Å². The van der Waals surface area contributed by atoms with Crippen LogP contribution in [0.1, 0.15) is 5.56 Å². The minimum atomic E-state index is -0.222. The van der Waals surface area contributed by atoms with Crippen LogP contribution in [-0.4, -0.2) is 12.2 Å². The highest BCUT2D eigenvalue weighted by Crippen LogP contribution is 2.22. The summed E-state index contributed by atoms with van der Waals surface area (Å²) in [4.78, 5) is 0. The van der Waals surface area contributed by atoms with Crippen molar-refractivity contribution in [2.45, 2.75) is 12.2 Å². The van der Waals surface area contributed by atoms with Gasteiger partial charge in [0.15, 0.2) is 6.10 Å². The molecule has 0 saturated carbocycles. The van der Waals surface area contributed by atoms with Crippen LogP contribution in [0.4, 0.5) is 0 Å². The second-order valence-electron chi connectivity index (χ2n) is 2.92. The summed E-state index contributed by atoms with van der Waals surface area (Å²) in [6, 6.07) is 12.0. The van der Waals surface area contributed by atoms with Crippen LogP contribution in [0.25, 0.3) is 6.08 Å². The molecule has 0 aliphatic carbocycles. The van der Waals surface area contributed by atoms with Gasteiger partial charge in [-0.25, -0.2) is 0 Å². The molecule has 1 aliphatic rings. The monoisotopic (exact) mass is 171 g/mol. The number of ether oxygens (including phenoxy) is 1. The van der Waals surface area contributed by atoms with Crippen molar-refractivity contribution in [1.82, 2.24) is 0 Å². The van der Waals surface area contributed by atoms with Crippen LogP contribution in [-0.2, 0) is 4.74 Å². The molecule has 2 unspecified atom stereocenters. The smallest absolute Gasteiger partial charge is 0.174 e. The van der Waals surface area contributed by atoms with Crippen molar-refractivity contribution < 1.29 is 4.74 Å². The molecule has 0 aromatic heterocycles. The van der Waals surface area contributed by atoms with Crippen LogP contribution in [0.5, 0.6) is 0 Å². The van der Waals surface area contributed by atoms with E-state index < -0.39 is 0 Å². The molecule has 1 aromatic rings. The van der Waals surface area contributed by atoms with E-state index in [9.17, 15) is 0 Å². The molecule has 0 amide bonds. The first-order chi connectivity index (χ1) is 6.40. The van der Waals surface area contributed by atoms with Crippen LogP contribution in [0.2, 0.25) is 0 Å². The predicted molar refractivity (Wildman–Crippen MR) is 49.8 cm³/mol. The van der Waals surface area contributed by atoms with Crippen molar-refractivity contribution in [2.75, 3.05) is 0 Å². The highest BCUT2D eigenvalue weighted by Gasteiger charge is 2.36. The van der Waals surface area contributed by atoms with Crippen molar-refractivity contribution in [2.24, 2.45) is 0 Å². The fourth-order valence-corrected chi connectivity index (χ4v) is 1.14. The van der Waals surface area contributed by atoms with E-state index in [4.69, 9.17) is 10.00 Å². The number of rotatable bonds is 2. The molecule has 2 rings (SSSR count). The van der Waals surface area contributed by atoms with Crippen LogP contribution < -0.4 is 0 Å². The standard InChI is InChI=1S/C11H9NO/c12-8-11-10(13-11)7-6-9-4-2-1-3-5-9/h1-7,10-11H. The normalized spacial score (nSPS) is 25.8. The zero-order chi connectivity index (χ0) is 9.10. The Balaban J connectivity index is 1.97. The molecule has 0 spiro atoms. The SMILES string of the molecule is N#CC1OC1C=Cc1ccccc1. The van der Waals surface area contributed by atoms with Crippen LogP contribution in [0.15, 0.2) is 36.4 Å². The second kappa shape index (κ2) is 3.42. The van der Waals surface area contributed by atoms with Crippen LogP contribution in [0.3, 0.4) is 0 Å². The quantitative estimate of drug-likeness (QED) is 0.638. The number of nitrogens with zero attached hydrogens (tertiary/aromatic N) is 1. The summed E-state index contributed by atoms with van der Waals surface area (Å²) in [5.41, 5.74) is 1.13. The third kappa shape index (κ3) is 1.95. The first-order valence-corrected chi connectivity index (χ1v) is 4.18. The highest BCUT2D eigenvalue weighted by atomic mass is 16.6. The van der Waals surface area contributed by atoms with Gasteiger partial charge in [-0.05, 0) is 5.56 Å². The Morgan fingerprint density at radius 2 is 2.08 bits per heavy atom. The first kappa shape index (κ1) is 8.03. The van der Waals surface area contributed by atoms with E-state index in [0.717, 1.165) is 5.56 Å². The molecule has 1 aromatic carbocycles. The van der Waals surface area contributed by atoms with E-state index in [-0.39, 0.29) is 12.2 Å². The van der Waals surface area contributed by atoms with E-state index in [1.165, 1.54) is 0 Å². The summed E-state index contributed by atoms with van der Waals surface area (Å²) in [5, 5.41) is 8.46. The fraction of sp³-hybridized carbons (Fsp3) is 0.182. The van der Waals surface area contributed by atoms with Gasteiger partial charge in [0.05, 0.1) is 6.07 Å². The molecule has 64 valence electrons. The molecule has 1 heterocycles. The van der Waals surface area contributed by atoms with Gasteiger partial charge < -0.3 is 4.74 Å². The highest BCUT2D eigenvalue weighted by molar-refractivity contribution is 5.50. The summed E-state index contributed by atoms with van der Waals surface area (Å²) < 4.78 is 5.04. The number of benzene rings is 1. The fourth-order valence-electron chi connectivity index (χ4n) is 1.14. The first-order valence-electron chi connectivity index (χ1n) is 4.18. The maximum absolute atomic E-state index is 8.46. The van der Waals surface area contributed by atoms with Crippen LogP contribution >= 0.6 is 0 Å². The summed E-state index contributed by atoms with van der Waals surface area (Å²) in [6.45, 7) is 0. The van der Waals surface area contributed by atoms with Crippen molar-refractivity contribution in [3.8, 4) is 6.07 Å². The van der Waals surface area contributed by atoms with Crippen LogP contribution in [0, 0.1) is 11.3 Å². The third-order valence-corrected chi connectivity index (χ3v) is 1.93. The Bertz CT molecular complexity index is 350. The molecule has 0 bridgehead atoms. The lowest BCUT2D eigenvalue weighted by atomic mass is 10.2. The van der Waals surface area contributed by atoms with Crippen molar-refractivity contribution >= 4 is 6.08 Å². The summed E-state index contributed by atoms with van der Waals surface area (Å²) in [5.74, 6) is 0. The van der Waals surface area contributed by atoms with Crippen molar-refractivity contribution in [3.05, 3.63) is 42.0 Å². The molecule has 1 aliphatic heterocycles. The van der Waals surface area contributed by atoms with Gasteiger partial charge >= 0.3 is 0 Å². The summed E-state index contributed by atoms with van der Waals surface area (Å²) >= 11 is 0. The average Bonchev–Trinajstić information content (AvgIpc) is 2.95. The van der Waals surface area contributed by atoms with Gasteiger partial charge in [0, 0.05) is 0 Å². The topological polar surface area (TPSA) is 36.3 Å². The minimum absolute atomic E-state index is 0.00482. The molecular weight excluding hydrogens is 162 g/mol. The van der Waals surface area contributed by atoms with E-state index >= 15 is 0 Å². The summed E-state index contributed by atoms with van der Waals surface area (Å²) in [6.07, 6.45) is 3.68. The van der Waals surface area contributed by atoms with Gasteiger partial charge in [-0.2, -0.15) is 5.26 Å². The third-order valence-electron chi connectivity index (χ3n) is 1.93. The Morgan fingerprint density at radius 1 is 1.31 bits per heavy atom. The maximum Gasteiger partial charge on any atom is 0.174 e. The Hall–Kier alpha value is -1.59. The second-order valence-corrected chi connectivity index (χ2v) is 2.92. The van der Waals surface area contributed by atoms with Gasteiger partial charge in [0.2, 0.25) is 0 Å². The predicted octanol–water partition coefficient (Wildman–Crippen LogP) is 1.99. The molecule has 2 nitrogen and oxygen atoms in total. The number of epoxide rings is 1. The molecule has 13 heavy (non-hydrogen) atoms. The molecule has 0 radical (unpaired) electrons. The van der Waals surface area contributed by atoms with E-state index in [0.29, 0.717) is 0 Å². The minimum Gasteiger partial charge on any atom is -0.349 e. The molecule has 0 N–H and O–H groups in total.